The van der Waals surface area contributed by atoms with Crippen LogP contribution in [-0.4, -0.2) is 40.7 Å². The minimum atomic E-state index is -0.296. The number of hydrogen-bond donors (Lipinski definition) is 1. The predicted octanol–water partition coefficient (Wildman–Crippen LogP) is 6.69. The second kappa shape index (κ2) is 10.7. The van der Waals surface area contributed by atoms with Gasteiger partial charge >= 0.3 is 5.30 Å². The van der Waals surface area contributed by atoms with Gasteiger partial charge in [0.2, 0.25) is 0 Å². The first-order valence-electron chi connectivity index (χ1n) is 11.5. The summed E-state index contributed by atoms with van der Waals surface area (Å²) in [5.74, 6) is 1.68. The second-order valence-corrected chi connectivity index (χ2v) is 10.2. The van der Waals surface area contributed by atoms with Crippen molar-refractivity contribution in [3.63, 3.8) is 0 Å². The molecule has 0 amide bonds. The number of thioether (sulfide) groups is 1. The molecule has 1 N–H and O–H groups in total. The Labute approximate surface area is 191 Å². The number of carbonyl (C=O) groups excluding carboxylic acids is 1. The first kappa shape index (κ1) is 23.9. The second-order valence-electron chi connectivity index (χ2n) is 9.27. The lowest BCUT2D eigenvalue weighted by Crippen LogP contribution is -2.18. The number of allylic oxidation sites excluding steroid dienone is 3. The first-order valence-corrected chi connectivity index (χ1v) is 12.5. The quantitative estimate of drug-likeness (QED) is 0.199. The fraction of sp³-hybridized carbons (Fsp3) is 0.577. The van der Waals surface area contributed by atoms with Crippen molar-refractivity contribution in [2.45, 2.75) is 71.3 Å². The molecular formula is C26H37NO3S. The largest absolute Gasteiger partial charge is 0.507 e. The van der Waals surface area contributed by atoms with E-state index in [1.165, 1.54) is 17.3 Å². The fourth-order valence-corrected chi connectivity index (χ4v) is 5.30. The summed E-state index contributed by atoms with van der Waals surface area (Å²) in [5, 5.41) is 10.8. The van der Waals surface area contributed by atoms with E-state index in [2.05, 4.69) is 45.4 Å². The predicted molar refractivity (Wildman–Crippen MR) is 130 cm³/mol. The molecule has 0 bridgehead atoms. The van der Waals surface area contributed by atoms with Crippen molar-refractivity contribution in [1.29, 1.82) is 0 Å². The average Bonchev–Trinajstić information content (AvgIpc) is 3.41. The maximum atomic E-state index is 12.7. The number of ether oxygens (including phenoxy) is 1. The zero-order chi connectivity index (χ0) is 22.5. The molecule has 0 aromatic heterocycles. The van der Waals surface area contributed by atoms with Gasteiger partial charge in [-0.1, -0.05) is 43.6 Å². The molecule has 1 fully saturated rings. The number of benzene rings is 1. The van der Waals surface area contributed by atoms with Crippen LogP contribution in [0.25, 0.3) is 0 Å². The third kappa shape index (κ3) is 6.39. The van der Waals surface area contributed by atoms with Gasteiger partial charge in [-0.25, -0.2) is 4.79 Å². The highest BCUT2D eigenvalue weighted by atomic mass is 32.2. The molecule has 1 heterocycles. The van der Waals surface area contributed by atoms with Crippen molar-refractivity contribution in [3.8, 4) is 11.5 Å². The molecule has 0 spiro atoms. The van der Waals surface area contributed by atoms with Crippen LogP contribution >= 0.6 is 11.8 Å². The Balaban J connectivity index is 1.90. The molecule has 3 rings (SSSR count). The van der Waals surface area contributed by atoms with E-state index in [1.54, 1.807) is 0 Å². The van der Waals surface area contributed by atoms with Gasteiger partial charge in [0.05, 0.1) is 0 Å². The van der Waals surface area contributed by atoms with E-state index in [1.807, 2.05) is 12.1 Å². The smallest absolute Gasteiger partial charge is 0.372 e. The minimum Gasteiger partial charge on any atom is -0.507 e. The number of phenols is 1. The van der Waals surface area contributed by atoms with Crippen LogP contribution in [0.4, 0.5) is 4.79 Å². The van der Waals surface area contributed by atoms with Crippen LogP contribution in [-0.2, 0) is 6.42 Å². The Hall–Kier alpha value is -1.72. The van der Waals surface area contributed by atoms with Gasteiger partial charge in [-0.3, -0.25) is 4.90 Å². The number of likely N-dealkylation sites (N-methyl/N-ethyl adjacent to an activating group) is 1. The summed E-state index contributed by atoms with van der Waals surface area (Å²) in [6.45, 7) is 11.6. The minimum absolute atomic E-state index is 0.0293. The monoisotopic (exact) mass is 443 g/mol. The van der Waals surface area contributed by atoms with Crippen LogP contribution in [0.15, 0.2) is 35.9 Å². The number of hydrogen-bond acceptors (Lipinski definition) is 5. The highest BCUT2D eigenvalue weighted by Crippen LogP contribution is 2.47. The standard InChI is InChI=1S/C26H37NO3S/c1-6-7-8-9-19-13-23(28)25(22-12-18(4)10-11-21(22)17(2)3)24(14-19)30-26(29)31-16-20-15-27(20)5/h12-14,20-22,28H,2,6-11,15-16H2,1,3-5H3/t20?,21-,22+,27?/m0/s1. The van der Waals surface area contributed by atoms with E-state index in [-0.39, 0.29) is 22.9 Å². The molecule has 2 aliphatic rings. The average molecular weight is 444 g/mol. The molecule has 4 atom stereocenters. The number of aryl methyl sites for hydroxylation is 1. The molecule has 170 valence electrons. The van der Waals surface area contributed by atoms with E-state index in [4.69, 9.17) is 4.74 Å². The molecular weight excluding hydrogens is 406 g/mol. The number of nitrogens with zero attached hydrogens (tertiary/aromatic N) is 1. The Morgan fingerprint density at radius 2 is 2.10 bits per heavy atom. The van der Waals surface area contributed by atoms with E-state index in [0.717, 1.165) is 67.5 Å². The van der Waals surface area contributed by atoms with E-state index < -0.39 is 0 Å². The third-order valence-electron chi connectivity index (χ3n) is 6.54. The van der Waals surface area contributed by atoms with E-state index >= 15 is 0 Å². The van der Waals surface area contributed by atoms with Gasteiger partial charge in [0.25, 0.3) is 0 Å². The van der Waals surface area contributed by atoms with Gasteiger partial charge in [-0.2, -0.15) is 0 Å². The highest BCUT2D eigenvalue weighted by Gasteiger charge is 2.33. The molecule has 2 unspecified atom stereocenters. The Morgan fingerprint density at radius 3 is 2.74 bits per heavy atom. The summed E-state index contributed by atoms with van der Waals surface area (Å²) in [7, 11) is 2.06. The molecule has 1 aliphatic heterocycles. The summed E-state index contributed by atoms with van der Waals surface area (Å²) >= 11 is 1.22. The Bertz CT molecular complexity index is 847. The number of unbranched alkanes of at least 4 members (excludes halogenated alkanes) is 2. The summed E-state index contributed by atoms with van der Waals surface area (Å²) in [6.07, 6.45) is 8.46. The maximum absolute atomic E-state index is 12.7. The van der Waals surface area contributed by atoms with E-state index in [0.29, 0.717) is 11.8 Å². The molecule has 1 aromatic carbocycles. The number of phenolic OH excluding ortho intramolecular Hbond substituents is 1. The van der Waals surface area contributed by atoms with Gasteiger partial charge < -0.3 is 9.84 Å². The molecule has 0 radical (unpaired) electrons. The van der Waals surface area contributed by atoms with Crippen LogP contribution in [0.5, 0.6) is 11.5 Å². The zero-order valence-corrected chi connectivity index (χ0v) is 20.3. The van der Waals surface area contributed by atoms with Gasteiger partial charge in [-0.05, 0) is 82.0 Å². The summed E-state index contributed by atoms with van der Waals surface area (Å²) in [5.41, 5.74) is 4.15. The van der Waals surface area contributed by atoms with Crippen molar-refractivity contribution in [2.75, 3.05) is 19.3 Å². The Morgan fingerprint density at radius 1 is 1.35 bits per heavy atom. The number of carbonyl (C=O) groups is 1. The van der Waals surface area contributed by atoms with Crippen LogP contribution in [0, 0.1) is 5.92 Å². The van der Waals surface area contributed by atoms with E-state index in [9.17, 15) is 9.90 Å². The van der Waals surface area contributed by atoms with Gasteiger partial charge in [0.15, 0.2) is 0 Å². The van der Waals surface area contributed by atoms with Crippen LogP contribution < -0.4 is 4.74 Å². The molecule has 0 saturated carbocycles. The maximum Gasteiger partial charge on any atom is 0.372 e. The molecule has 4 nitrogen and oxygen atoms in total. The van der Waals surface area contributed by atoms with Crippen molar-refractivity contribution in [1.82, 2.24) is 4.90 Å². The van der Waals surface area contributed by atoms with Crippen LogP contribution in [0.3, 0.4) is 0 Å². The normalized spacial score (nSPS) is 25.1. The Kier molecular flexibility index (Phi) is 8.29. The van der Waals surface area contributed by atoms with Crippen molar-refractivity contribution >= 4 is 17.1 Å². The number of rotatable bonds is 9. The molecule has 1 aromatic rings. The summed E-state index contributed by atoms with van der Waals surface area (Å²) < 4.78 is 5.89. The van der Waals surface area contributed by atoms with Crippen LogP contribution in [0.2, 0.25) is 0 Å². The highest BCUT2D eigenvalue weighted by molar-refractivity contribution is 8.13. The SMILES string of the molecule is C=C(C)[C@@H]1CCC(C)=C[C@H]1c1c(O)cc(CCCCC)cc1OC(=O)SCC1CN1C. The molecule has 31 heavy (non-hydrogen) atoms. The molecule has 5 heteroatoms. The zero-order valence-electron chi connectivity index (χ0n) is 19.4. The van der Waals surface area contributed by atoms with Gasteiger partial charge in [0.1, 0.15) is 11.5 Å². The first-order chi connectivity index (χ1) is 14.8. The number of aromatic hydroxyl groups is 1. The lowest BCUT2D eigenvalue weighted by Gasteiger charge is -2.32. The van der Waals surface area contributed by atoms with Gasteiger partial charge in [-0.15, -0.1) is 0 Å². The van der Waals surface area contributed by atoms with Crippen LogP contribution in [0.1, 0.15) is 69.9 Å². The van der Waals surface area contributed by atoms with Crippen molar-refractivity contribution in [3.05, 3.63) is 47.1 Å². The third-order valence-corrected chi connectivity index (χ3v) is 7.41. The fourth-order valence-electron chi connectivity index (χ4n) is 4.47. The molecule has 1 saturated heterocycles. The topological polar surface area (TPSA) is 49.5 Å². The lowest BCUT2D eigenvalue weighted by molar-refractivity contribution is 0.226. The van der Waals surface area contributed by atoms with Crippen molar-refractivity contribution < 1.29 is 14.6 Å². The summed E-state index contributed by atoms with van der Waals surface area (Å²) in [6, 6.07) is 4.30. The van der Waals surface area contributed by atoms with Crippen molar-refractivity contribution in [2.24, 2.45) is 5.92 Å². The van der Waals surface area contributed by atoms with Gasteiger partial charge in [0, 0.05) is 29.8 Å². The molecule has 1 aliphatic carbocycles. The lowest BCUT2D eigenvalue weighted by atomic mass is 9.73. The summed E-state index contributed by atoms with van der Waals surface area (Å²) in [4.78, 5) is 14.9.